The summed E-state index contributed by atoms with van der Waals surface area (Å²) in [5, 5.41) is 29.1. The van der Waals surface area contributed by atoms with Crippen LogP contribution in [-0.2, 0) is 9.47 Å². The fraction of sp³-hybridized carbons (Fsp3) is 0.923. The fourth-order valence-electron chi connectivity index (χ4n) is 4.15. The molecule has 0 aromatic rings. The lowest BCUT2D eigenvalue weighted by atomic mass is 10.0. The van der Waals surface area contributed by atoms with Gasteiger partial charge in [0.1, 0.15) is 24.4 Å². The number of unbranched alkanes of at least 4 members (excludes halogenated alkanes) is 14. The standard InChI is InChI=1S/C26H50O5/c1-2-3-4-5-6-7-8-9-10-11-12-13-14-15-16-17-18-19-20-30-26-23(28)22-31-24(21-27)25(26)29/h15-16,23-29H,2-14,17-22H2,1H3/b16-15+/t23-,24+,25+,26+/m0/s1. The molecule has 5 heteroatoms. The van der Waals surface area contributed by atoms with E-state index in [9.17, 15) is 10.2 Å². The predicted octanol–water partition coefficient (Wildman–Crippen LogP) is 5.30. The first-order valence-corrected chi connectivity index (χ1v) is 13.1. The predicted molar refractivity (Wildman–Crippen MR) is 127 cm³/mol. The third-order valence-electron chi connectivity index (χ3n) is 6.22. The molecule has 1 aliphatic heterocycles. The van der Waals surface area contributed by atoms with Crippen LogP contribution in [-0.4, -0.2) is 59.6 Å². The van der Waals surface area contributed by atoms with Crippen LogP contribution in [0.5, 0.6) is 0 Å². The molecule has 1 aliphatic rings. The van der Waals surface area contributed by atoms with Gasteiger partial charge in [0.25, 0.3) is 0 Å². The van der Waals surface area contributed by atoms with E-state index in [0.29, 0.717) is 6.61 Å². The molecule has 0 aromatic heterocycles. The Morgan fingerprint density at radius 1 is 0.774 bits per heavy atom. The number of aliphatic hydroxyl groups excluding tert-OH is 3. The number of aliphatic hydroxyl groups is 3. The van der Waals surface area contributed by atoms with E-state index in [0.717, 1.165) is 19.3 Å². The van der Waals surface area contributed by atoms with Gasteiger partial charge in [-0.25, -0.2) is 0 Å². The molecule has 5 nitrogen and oxygen atoms in total. The molecule has 3 N–H and O–H groups in total. The molecule has 184 valence electrons. The Hall–Kier alpha value is -0.460. The van der Waals surface area contributed by atoms with E-state index < -0.39 is 24.4 Å². The van der Waals surface area contributed by atoms with E-state index in [4.69, 9.17) is 14.6 Å². The lowest BCUT2D eigenvalue weighted by Crippen LogP contribution is -2.55. The van der Waals surface area contributed by atoms with Crippen molar-refractivity contribution in [1.29, 1.82) is 0 Å². The Morgan fingerprint density at radius 3 is 1.84 bits per heavy atom. The van der Waals surface area contributed by atoms with Gasteiger partial charge >= 0.3 is 0 Å². The van der Waals surface area contributed by atoms with Gasteiger partial charge in [-0.2, -0.15) is 0 Å². The molecular weight excluding hydrogens is 392 g/mol. The van der Waals surface area contributed by atoms with Crippen LogP contribution in [0.15, 0.2) is 12.2 Å². The van der Waals surface area contributed by atoms with Crippen LogP contribution in [0, 0.1) is 0 Å². The summed E-state index contributed by atoms with van der Waals surface area (Å²) in [4.78, 5) is 0. The number of allylic oxidation sites excluding steroid dienone is 2. The van der Waals surface area contributed by atoms with Crippen molar-refractivity contribution in [2.24, 2.45) is 0 Å². The third kappa shape index (κ3) is 14.3. The van der Waals surface area contributed by atoms with E-state index in [-0.39, 0.29) is 13.2 Å². The lowest BCUT2D eigenvalue weighted by molar-refractivity contribution is -0.210. The molecule has 1 saturated heterocycles. The zero-order valence-electron chi connectivity index (χ0n) is 20.1. The zero-order valence-corrected chi connectivity index (χ0v) is 20.1. The summed E-state index contributed by atoms with van der Waals surface area (Å²) in [6.07, 6.45) is 22.2. The molecule has 0 unspecified atom stereocenters. The van der Waals surface area contributed by atoms with Crippen molar-refractivity contribution in [3.8, 4) is 0 Å². The molecule has 0 spiro atoms. The van der Waals surface area contributed by atoms with Gasteiger partial charge in [-0.05, 0) is 32.1 Å². The van der Waals surface area contributed by atoms with Crippen LogP contribution in [0.4, 0.5) is 0 Å². The first-order chi connectivity index (χ1) is 15.2. The smallest absolute Gasteiger partial charge is 0.114 e. The second-order valence-electron chi connectivity index (χ2n) is 9.09. The second kappa shape index (κ2) is 20.2. The molecular formula is C26H50O5. The molecule has 0 aromatic carbocycles. The highest BCUT2D eigenvalue weighted by molar-refractivity contribution is 4.87. The highest BCUT2D eigenvalue weighted by Crippen LogP contribution is 2.19. The normalized spacial score (nSPS) is 24.3. The van der Waals surface area contributed by atoms with Crippen molar-refractivity contribution in [2.75, 3.05) is 19.8 Å². The van der Waals surface area contributed by atoms with Gasteiger partial charge in [0.2, 0.25) is 0 Å². The number of hydrogen-bond donors (Lipinski definition) is 3. The molecule has 1 fully saturated rings. The van der Waals surface area contributed by atoms with E-state index in [1.54, 1.807) is 0 Å². The van der Waals surface area contributed by atoms with Gasteiger partial charge in [0.05, 0.1) is 13.2 Å². The first-order valence-electron chi connectivity index (χ1n) is 13.1. The summed E-state index contributed by atoms with van der Waals surface area (Å²) < 4.78 is 10.8. The maximum absolute atomic E-state index is 10.1. The minimum absolute atomic E-state index is 0.0921. The monoisotopic (exact) mass is 442 g/mol. The van der Waals surface area contributed by atoms with Crippen LogP contribution in [0.3, 0.4) is 0 Å². The Kier molecular flexibility index (Phi) is 18.6. The van der Waals surface area contributed by atoms with Gasteiger partial charge in [0.15, 0.2) is 0 Å². The van der Waals surface area contributed by atoms with Crippen LogP contribution < -0.4 is 0 Å². The van der Waals surface area contributed by atoms with Crippen molar-refractivity contribution in [1.82, 2.24) is 0 Å². The fourth-order valence-corrected chi connectivity index (χ4v) is 4.15. The van der Waals surface area contributed by atoms with E-state index in [1.807, 2.05) is 0 Å². The van der Waals surface area contributed by atoms with Crippen LogP contribution >= 0.6 is 0 Å². The van der Waals surface area contributed by atoms with Gasteiger partial charge in [0, 0.05) is 6.61 Å². The summed E-state index contributed by atoms with van der Waals surface area (Å²) in [5.41, 5.74) is 0. The average molecular weight is 443 g/mol. The minimum atomic E-state index is -0.982. The number of ether oxygens (including phenoxy) is 2. The van der Waals surface area contributed by atoms with Crippen molar-refractivity contribution in [3.05, 3.63) is 12.2 Å². The van der Waals surface area contributed by atoms with Gasteiger partial charge in [-0.1, -0.05) is 89.7 Å². The summed E-state index contributed by atoms with van der Waals surface area (Å²) in [6, 6.07) is 0. The van der Waals surface area contributed by atoms with Crippen LogP contribution in [0.25, 0.3) is 0 Å². The summed E-state index contributed by atoms with van der Waals surface area (Å²) in [7, 11) is 0. The topological polar surface area (TPSA) is 79.2 Å². The first kappa shape index (κ1) is 28.6. The van der Waals surface area contributed by atoms with Crippen LogP contribution in [0.1, 0.15) is 110 Å². The molecule has 1 rings (SSSR count). The molecule has 31 heavy (non-hydrogen) atoms. The van der Waals surface area contributed by atoms with E-state index in [1.165, 1.54) is 83.5 Å². The second-order valence-corrected chi connectivity index (χ2v) is 9.09. The zero-order chi connectivity index (χ0) is 22.6. The summed E-state index contributed by atoms with van der Waals surface area (Å²) >= 11 is 0. The number of hydrogen-bond acceptors (Lipinski definition) is 5. The Balaban J connectivity index is 1.84. The van der Waals surface area contributed by atoms with Crippen molar-refractivity contribution >= 4 is 0 Å². The van der Waals surface area contributed by atoms with E-state index >= 15 is 0 Å². The summed E-state index contributed by atoms with van der Waals surface area (Å²) in [5.74, 6) is 0. The number of rotatable bonds is 20. The lowest BCUT2D eigenvalue weighted by Gasteiger charge is -2.37. The molecule has 0 aliphatic carbocycles. The van der Waals surface area contributed by atoms with Crippen molar-refractivity contribution in [3.63, 3.8) is 0 Å². The third-order valence-corrected chi connectivity index (χ3v) is 6.22. The average Bonchev–Trinajstić information content (AvgIpc) is 2.77. The molecule has 1 heterocycles. The molecule has 0 radical (unpaired) electrons. The molecule has 4 atom stereocenters. The molecule has 0 amide bonds. The van der Waals surface area contributed by atoms with E-state index in [2.05, 4.69) is 19.1 Å². The van der Waals surface area contributed by atoms with Crippen molar-refractivity contribution < 1.29 is 24.8 Å². The van der Waals surface area contributed by atoms with Gasteiger partial charge in [-0.3, -0.25) is 0 Å². The Morgan fingerprint density at radius 2 is 1.29 bits per heavy atom. The quantitative estimate of drug-likeness (QED) is 0.176. The SMILES string of the molecule is CCCCCCCCCCCCCC/C=C/CCCCO[C@H]1[C@H](O)[C@@H](CO)OC[C@@H]1O. The maximum atomic E-state index is 10.1. The van der Waals surface area contributed by atoms with Crippen LogP contribution in [0.2, 0.25) is 0 Å². The molecule has 0 saturated carbocycles. The highest BCUT2D eigenvalue weighted by atomic mass is 16.6. The molecule has 0 bridgehead atoms. The van der Waals surface area contributed by atoms with Crippen molar-refractivity contribution in [2.45, 2.75) is 134 Å². The largest absolute Gasteiger partial charge is 0.394 e. The highest BCUT2D eigenvalue weighted by Gasteiger charge is 2.38. The van der Waals surface area contributed by atoms with Gasteiger partial charge in [-0.15, -0.1) is 0 Å². The maximum Gasteiger partial charge on any atom is 0.114 e. The summed E-state index contributed by atoms with van der Waals surface area (Å²) in [6.45, 7) is 2.60. The Bertz CT molecular complexity index is 415. The van der Waals surface area contributed by atoms with Gasteiger partial charge < -0.3 is 24.8 Å². The Labute approximate surface area is 191 Å². The minimum Gasteiger partial charge on any atom is -0.394 e.